The van der Waals surface area contributed by atoms with Crippen LogP contribution in [-0.2, 0) is 15.1 Å². The van der Waals surface area contributed by atoms with Crippen LogP contribution in [0.4, 0.5) is 9.18 Å². The lowest BCUT2D eigenvalue weighted by molar-refractivity contribution is 0.0217. The summed E-state index contributed by atoms with van der Waals surface area (Å²) in [6, 6.07) is 6.42. The van der Waals surface area contributed by atoms with Crippen LogP contribution in [0.3, 0.4) is 0 Å². The predicted octanol–water partition coefficient (Wildman–Crippen LogP) is 3.06. The third-order valence-electron chi connectivity index (χ3n) is 3.94. The number of nitrogens with zero attached hydrogens (tertiary/aromatic N) is 1. The summed E-state index contributed by atoms with van der Waals surface area (Å²) < 4.78 is 24.2. The minimum absolute atomic E-state index is 0.0239. The molecule has 0 radical (unpaired) electrons. The van der Waals surface area contributed by atoms with E-state index in [2.05, 4.69) is 0 Å². The molecule has 0 bridgehead atoms. The number of likely N-dealkylation sites (tertiary alicyclic amines) is 1. The molecule has 114 valence electrons. The predicted molar refractivity (Wildman–Crippen MR) is 75.4 cm³/mol. The summed E-state index contributed by atoms with van der Waals surface area (Å²) in [5.41, 5.74) is 0.150. The van der Waals surface area contributed by atoms with Crippen LogP contribution in [0.2, 0.25) is 0 Å². The highest BCUT2D eigenvalue weighted by atomic mass is 19.1. The molecule has 0 aromatic heterocycles. The highest BCUT2D eigenvalue weighted by Crippen LogP contribution is 2.51. The Morgan fingerprint density at radius 1 is 1.38 bits per heavy atom. The van der Waals surface area contributed by atoms with Gasteiger partial charge in [-0.25, -0.2) is 9.18 Å². The van der Waals surface area contributed by atoms with Gasteiger partial charge in [-0.3, -0.25) is 0 Å². The van der Waals surface area contributed by atoms with Gasteiger partial charge in [0.15, 0.2) is 0 Å². The molecule has 1 amide bonds. The van der Waals surface area contributed by atoms with Gasteiger partial charge in [0.25, 0.3) is 0 Å². The smallest absolute Gasteiger partial charge is 0.410 e. The fourth-order valence-electron chi connectivity index (χ4n) is 2.84. The van der Waals surface area contributed by atoms with Gasteiger partial charge in [0.2, 0.25) is 0 Å². The Hall–Kier alpha value is -1.62. The topological polar surface area (TPSA) is 42.1 Å². The van der Waals surface area contributed by atoms with E-state index in [1.54, 1.807) is 17.0 Å². The molecule has 0 aliphatic carbocycles. The summed E-state index contributed by atoms with van der Waals surface area (Å²) in [6.45, 7) is 6.66. The number of amides is 1. The van der Waals surface area contributed by atoms with Gasteiger partial charge in [0.1, 0.15) is 23.1 Å². The quantitative estimate of drug-likeness (QED) is 0.747. The molecule has 2 atom stereocenters. The van der Waals surface area contributed by atoms with E-state index in [0.29, 0.717) is 19.5 Å². The van der Waals surface area contributed by atoms with Gasteiger partial charge >= 0.3 is 6.09 Å². The second-order valence-corrected chi connectivity index (χ2v) is 6.68. The summed E-state index contributed by atoms with van der Waals surface area (Å²) in [4.78, 5) is 13.7. The summed E-state index contributed by atoms with van der Waals surface area (Å²) in [7, 11) is 0. The third kappa shape index (κ3) is 2.75. The molecule has 2 saturated heterocycles. The fourth-order valence-corrected chi connectivity index (χ4v) is 2.84. The molecular formula is C16H20FNO3. The van der Waals surface area contributed by atoms with Gasteiger partial charge in [0, 0.05) is 13.0 Å². The number of piperidine rings is 1. The number of carbonyl (C=O) groups is 1. The van der Waals surface area contributed by atoms with Crippen LogP contribution in [0.1, 0.15) is 32.8 Å². The summed E-state index contributed by atoms with van der Waals surface area (Å²) >= 11 is 0. The SMILES string of the molecule is CC(C)(C)OC(=O)N1CC[C@]2(c3ccc(F)cc3)O[C@H]2C1. The summed E-state index contributed by atoms with van der Waals surface area (Å²) in [6.07, 6.45) is 0.387. The molecule has 0 saturated carbocycles. The Bertz CT molecular complexity index is 552. The normalized spacial score (nSPS) is 28.0. The van der Waals surface area contributed by atoms with E-state index >= 15 is 0 Å². The molecule has 2 heterocycles. The van der Waals surface area contributed by atoms with Crippen LogP contribution in [0.5, 0.6) is 0 Å². The number of epoxide rings is 1. The number of rotatable bonds is 1. The molecule has 21 heavy (non-hydrogen) atoms. The third-order valence-corrected chi connectivity index (χ3v) is 3.94. The van der Waals surface area contributed by atoms with Crippen molar-refractivity contribution in [1.29, 1.82) is 0 Å². The summed E-state index contributed by atoms with van der Waals surface area (Å²) in [5, 5.41) is 0. The summed E-state index contributed by atoms with van der Waals surface area (Å²) in [5.74, 6) is -0.251. The Kier molecular flexibility index (Phi) is 3.20. The fraction of sp³-hybridized carbons (Fsp3) is 0.562. The van der Waals surface area contributed by atoms with E-state index < -0.39 is 5.60 Å². The van der Waals surface area contributed by atoms with E-state index in [1.807, 2.05) is 20.8 Å². The Morgan fingerprint density at radius 2 is 2.05 bits per heavy atom. The Morgan fingerprint density at radius 3 is 2.62 bits per heavy atom. The zero-order chi connectivity index (χ0) is 15.3. The Balaban J connectivity index is 1.65. The van der Waals surface area contributed by atoms with Crippen LogP contribution >= 0.6 is 0 Å². The second kappa shape index (κ2) is 4.70. The number of halogens is 1. The minimum Gasteiger partial charge on any atom is -0.444 e. The maximum Gasteiger partial charge on any atom is 0.410 e. The molecule has 1 aromatic rings. The zero-order valence-corrected chi connectivity index (χ0v) is 12.6. The van der Waals surface area contributed by atoms with Crippen molar-refractivity contribution in [2.75, 3.05) is 13.1 Å². The second-order valence-electron chi connectivity index (χ2n) is 6.68. The molecule has 2 aliphatic rings. The van der Waals surface area contributed by atoms with Crippen molar-refractivity contribution >= 4 is 6.09 Å². The van der Waals surface area contributed by atoms with Gasteiger partial charge in [0.05, 0.1) is 6.54 Å². The molecule has 1 aromatic carbocycles. The van der Waals surface area contributed by atoms with Crippen LogP contribution in [-0.4, -0.2) is 35.8 Å². The van der Waals surface area contributed by atoms with Crippen molar-refractivity contribution in [3.05, 3.63) is 35.6 Å². The maximum absolute atomic E-state index is 13.0. The molecule has 5 heteroatoms. The van der Waals surface area contributed by atoms with E-state index in [-0.39, 0.29) is 23.6 Å². The molecule has 3 rings (SSSR count). The number of hydrogen-bond acceptors (Lipinski definition) is 3. The van der Waals surface area contributed by atoms with Crippen LogP contribution in [0.15, 0.2) is 24.3 Å². The highest BCUT2D eigenvalue weighted by molar-refractivity contribution is 5.68. The van der Waals surface area contributed by atoms with Crippen LogP contribution < -0.4 is 0 Å². The van der Waals surface area contributed by atoms with Crippen molar-refractivity contribution < 1.29 is 18.7 Å². The van der Waals surface area contributed by atoms with Crippen molar-refractivity contribution in [2.45, 2.75) is 44.5 Å². The number of benzene rings is 1. The molecule has 4 nitrogen and oxygen atoms in total. The molecule has 2 fully saturated rings. The lowest BCUT2D eigenvalue weighted by Gasteiger charge is -2.31. The lowest BCUT2D eigenvalue weighted by atomic mass is 9.89. The number of hydrogen-bond donors (Lipinski definition) is 0. The van der Waals surface area contributed by atoms with Gasteiger partial charge in [-0.1, -0.05) is 12.1 Å². The van der Waals surface area contributed by atoms with Crippen molar-refractivity contribution in [2.24, 2.45) is 0 Å². The maximum atomic E-state index is 13.0. The number of carbonyl (C=O) groups excluding carboxylic acids is 1. The van der Waals surface area contributed by atoms with Crippen LogP contribution in [0, 0.1) is 5.82 Å². The Labute approximate surface area is 123 Å². The van der Waals surface area contributed by atoms with Crippen molar-refractivity contribution in [1.82, 2.24) is 4.90 Å². The van der Waals surface area contributed by atoms with Gasteiger partial charge in [-0.05, 0) is 38.5 Å². The standard InChI is InChI=1S/C16H20FNO3/c1-15(2,3)21-14(19)18-9-8-16(13(10-18)20-16)11-4-6-12(17)7-5-11/h4-7,13H,8-10H2,1-3H3/t13-,16+/m0/s1. The van der Waals surface area contributed by atoms with Gasteiger partial charge in [-0.2, -0.15) is 0 Å². The van der Waals surface area contributed by atoms with E-state index in [4.69, 9.17) is 9.47 Å². The monoisotopic (exact) mass is 293 g/mol. The van der Waals surface area contributed by atoms with Crippen molar-refractivity contribution in [3.63, 3.8) is 0 Å². The van der Waals surface area contributed by atoms with E-state index in [1.165, 1.54) is 12.1 Å². The number of ether oxygens (including phenoxy) is 2. The molecule has 0 spiro atoms. The molecule has 2 aliphatic heterocycles. The van der Waals surface area contributed by atoms with Gasteiger partial charge < -0.3 is 14.4 Å². The first-order chi connectivity index (χ1) is 9.80. The average molecular weight is 293 g/mol. The van der Waals surface area contributed by atoms with E-state index in [9.17, 15) is 9.18 Å². The minimum atomic E-state index is -0.493. The van der Waals surface area contributed by atoms with Crippen LogP contribution in [0.25, 0.3) is 0 Å². The van der Waals surface area contributed by atoms with Gasteiger partial charge in [-0.15, -0.1) is 0 Å². The molecular weight excluding hydrogens is 273 g/mol. The molecule has 0 unspecified atom stereocenters. The lowest BCUT2D eigenvalue weighted by Crippen LogP contribution is -2.44. The molecule has 0 N–H and O–H groups in total. The first-order valence-electron chi connectivity index (χ1n) is 7.22. The highest BCUT2D eigenvalue weighted by Gasteiger charge is 2.60. The van der Waals surface area contributed by atoms with E-state index in [0.717, 1.165) is 5.56 Å². The number of fused-ring (bicyclic) bond motifs is 1. The average Bonchev–Trinajstić information content (AvgIpc) is 3.11. The largest absolute Gasteiger partial charge is 0.444 e. The first-order valence-corrected chi connectivity index (χ1v) is 7.22. The zero-order valence-electron chi connectivity index (χ0n) is 12.6. The van der Waals surface area contributed by atoms with Crippen molar-refractivity contribution in [3.8, 4) is 0 Å². The first kappa shape index (κ1) is 14.3.